The van der Waals surface area contributed by atoms with Crippen LogP contribution in [0.25, 0.3) is 0 Å². The monoisotopic (exact) mass is 375 g/mol. The number of benzene rings is 2. The lowest BCUT2D eigenvalue weighted by atomic mass is 9.74. The van der Waals surface area contributed by atoms with Gasteiger partial charge in [-0.1, -0.05) is 24.3 Å². The van der Waals surface area contributed by atoms with Crippen LogP contribution in [-0.2, 0) is 19.5 Å². The molecular formula is C23H25N3O2. The normalized spacial score (nSPS) is 17.6. The Kier molecular flexibility index (Phi) is 4.32. The Morgan fingerprint density at radius 3 is 2.82 bits per heavy atom. The number of methoxy groups -OCH3 is 1. The minimum atomic E-state index is 0.277. The third-order valence-electron chi connectivity index (χ3n) is 5.83. The second kappa shape index (κ2) is 6.99. The number of para-hydroxylation sites is 1. The van der Waals surface area contributed by atoms with Gasteiger partial charge in [0, 0.05) is 43.0 Å². The van der Waals surface area contributed by atoms with E-state index in [1.807, 2.05) is 16.9 Å². The number of rotatable bonds is 5. The summed E-state index contributed by atoms with van der Waals surface area (Å²) >= 11 is 0. The van der Waals surface area contributed by atoms with Crippen molar-refractivity contribution >= 4 is 0 Å². The van der Waals surface area contributed by atoms with Crippen LogP contribution in [-0.4, -0.2) is 41.5 Å². The molecule has 2 aliphatic rings. The molecular weight excluding hydrogens is 350 g/mol. The molecule has 5 nitrogen and oxygen atoms in total. The van der Waals surface area contributed by atoms with Crippen molar-refractivity contribution in [1.82, 2.24) is 14.7 Å². The van der Waals surface area contributed by atoms with Crippen molar-refractivity contribution in [3.05, 3.63) is 77.6 Å². The highest BCUT2D eigenvalue weighted by atomic mass is 16.5. The summed E-state index contributed by atoms with van der Waals surface area (Å²) < 4.78 is 13.5. The van der Waals surface area contributed by atoms with Gasteiger partial charge in [0.1, 0.15) is 11.5 Å². The summed E-state index contributed by atoms with van der Waals surface area (Å²) in [5.74, 6) is 1.97. The van der Waals surface area contributed by atoms with Crippen molar-refractivity contribution in [2.24, 2.45) is 5.41 Å². The average molecular weight is 375 g/mol. The van der Waals surface area contributed by atoms with Crippen LogP contribution in [0, 0.1) is 5.41 Å². The van der Waals surface area contributed by atoms with E-state index in [1.165, 1.54) is 11.1 Å². The van der Waals surface area contributed by atoms with Crippen LogP contribution in [0.4, 0.5) is 0 Å². The standard InChI is InChI=1S/C23H25N3O2/c1-27-21-8-7-18(11-20(21)14-26-10-4-9-24-26)13-25-15-23(16-25)12-19-5-2-3-6-22(19)28-17-23/h2-11H,12-17H2,1H3. The zero-order chi connectivity index (χ0) is 19.0. The lowest BCUT2D eigenvalue weighted by Crippen LogP contribution is -2.60. The molecule has 1 spiro atoms. The van der Waals surface area contributed by atoms with E-state index < -0.39 is 0 Å². The summed E-state index contributed by atoms with van der Waals surface area (Å²) in [7, 11) is 1.72. The van der Waals surface area contributed by atoms with Gasteiger partial charge in [0.2, 0.25) is 0 Å². The van der Waals surface area contributed by atoms with Crippen molar-refractivity contribution in [3.8, 4) is 11.5 Å². The fraction of sp³-hybridized carbons (Fsp3) is 0.348. The fourth-order valence-electron chi connectivity index (χ4n) is 4.57. The summed E-state index contributed by atoms with van der Waals surface area (Å²) in [4.78, 5) is 2.51. The summed E-state index contributed by atoms with van der Waals surface area (Å²) in [6.07, 6.45) is 4.90. The molecule has 1 saturated heterocycles. The minimum Gasteiger partial charge on any atom is -0.496 e. The van der Waals surface area contributed by atoms with Gasteiger partial charge in [-0.05, 0) is 41.8 Å². The van der Waals surface area contributed by atoms with E-state index in [-0.39, 0.29) is 5.41 Å². The molecule has 0 aliphatic carbocycles. The fourth-order valence-corrected chi connectivity index (χ4v) is 4.57. The van der Waals surface area contributed by atoms with Crippen molar-refractivity contribution in [2.45, 2.75) is 19.5 Å². The molecule has 28 heavy (non-hydrogen) atoms. The van der Waals surface area contributed by atoms with Gasteiger partial charge < -0.3 is 9.47 Å². The van der Waals surface area contributed by atoms with Crippen LogP contribution >= 0.6 is 0 Å². The molecule has 144 valence electrons. The Morgan fingerprint density at radius 1 is 1.11 bits per heavy atom. The van der Waals surface area contributed by atoms with E-state index in [0.717, 1.165) is 56.3 Å². The predicted octanol–water partition coefficient (Wildman–Crippen LogP) is 3.38. The Hall–Kier alpha value is -2.79. The molecule has 1 aromatic heterocycles. The summed E-state index contributed by atoms with van der Waals surface area (Å²) in [6.45, 7) is 4.68. The largest absolute Gasteiger partial charge is 0.496 e. The van der Waals surface area contributed by atoms with Gasteiger partial charge >= 0.3 is 0 Å². The molecule has 0 saturated carbocycles. The number of fused-ring (bicyclic) bond motifs is 1. The molecule has 1 fully saturated rings. The quantitative estimate of drug-likeness (QED) is 0.685. The maximum absolute atomic E-state index is 6.03. The highest BCUT2D eigenvalue weighted by Crippen LogP contribution is 2.41. The lowest BCUT2D eigenvalue weighted by molar-refractivity contribution is -0.0478. The molecule has 0 atom stereocenters. The third-order valence-corrected chi connectivity index (χ3v) is 5.83. The van der Waals surface area contributed by atoms with Crippen LogP contribution in [0.5, 0.6) is 11.5 Å². The van der Waals surface area contributed by atoms with Crippen LogP contribution in [0.15, 0.2) is 60.9 Å². The van der Waals surface area contributed by atoms with Gasteiger partial charge in [-0.15, -0.1) is 0 Å². The lowest BCUT2D eigenvalue weighted by Gasteiger charge is -2.52. The first-order valence-electron chi connectivity index (χ1n) is 9.79. The Morgan fingerprint density at radius 2 is 2.00 bits per heavy atom. The highest BCUT2D eigenvalue weighted by Gasteiger charge is 2.45. The molecule has 3 aromatic rings. The molecule has 0 bridgehead atoms. The SMILES string of the molecule is COc1ccc(CN2CC3(COc4ccccc4C3)C2)cc1Cn1cccn1. The third kappa shape index (κ3) is 3.27. The van der Waals surface area contributed by atoms with Crippen LogP contribution in [0.2, 0.25) is 0 Å². The molecule has 2 aromatic carbocycles. The molecule has 0 amide bonds. The van der Waals surface area contributed by atoms with E-state index in [0.29, 0.717) is 0 Å². The van der Waals surface area contributed by atoms with Crippen LogP contribution < -0.4 is 9.47 Å². The van der Waals surface area contributed by atoms with E-state index in [9.17, 15) is 0 Å². The van der Waals surface area contributed by atoms with Crippen LogP contribution in [0.3, 0.4) is 0 Å². The van der Waals surface area contributed by atoms with Gasteiger partial charge in [-0.25, -0.2) is 0 Å². The summed E-state index contributed by atoms with van der Waals surface area (Å²) in [5, 5.41) is 4.32. The Balaban J connectivity index is 1.25. The van der Waals surface area contributed by atoms with Gasteiger partial charge in [-0.3, -0.25) is 9.58 Å². The van der Waals surface area contributed by atoms with Gasteiger partial charge in [-0.2, -0.15) is 5.10 Å². The maximum atomic E-state index is 6.03. The van der Waals surface area contributed by atoms with Crippen molar-refractivity contribution in [3.63, 3.8) is 0 Å². The number of hydrogen-bond acceptors (Lipinski definition) is 4. The van der Waals surface area contributed by atoms with E-state index in [2.05, 4.69) is 52.5 Å². The van der Waals surface area contributed by atoms with Gasteiger partial charge in [0.15, 0.2) is 0 Å². The number of nitrogens with zero attached hydrogens (tertiary/aromatic N) is 3. The van der Waals surface area contributed by atoms with Crippen molar-refractivity contribution < 1.29 is 9.47 Å². The predicted molar refractivity (Wildman–Crippen MR) is 108 cm³/mol. The number of ether oxygens (including phenoxy) is 2. The second-order valence-corrected chi connectivity index (χ2v) is 8.07. The highest BCUT2D eigenvalue weighted by molar-refractivity contribution is 5.39. The van der Waals surface area contributed by atoms with E-state index >= 15 is 0 Å². The molecule has 0 radical (unpaired) electrons. The molecule has 5 heteroatoms. The van der Waals surface area contributed by atoms with Crippen LogP contribution in [0.1, 0.15) is 16.7 Å². The zero-order valence-corrected chi connectivity index (χ0v) is 16.2. The first-order chi connectivity index (χ1) is 13.7. The van der Waals surface area contributed by atoms with Gasteiger partial charge in [0.05, 0.1) is 20.3 Å². The Labute approximate surface area is 165 Å². The van der Waals surface area contributed by atoms with E-state index in [4.69, 9.17) is 9.47 Å². The molecule has 0 N–H and O–H groups in total. The van der Waals surface area contributed by atoms with Crippen molar-refractivity contribution in [2.75, 3.05) is 26.8 Å². The number of aromatic nitrogens is 2. The first kappa shape index (κ1) is 17.3. The maximum Gasteiger partial charge on any atom is 0.123 e. The van der Waals surface area contributed by atoms with E-state index in [1.54, 1.807) is 13.3 Å². The van der Waals surface area contributed by atoms with Gasteiger partial charge in [0.25, 0.3) is 0 Å². The summed E-state index contributed by atoms with van der Waals surface area (Å²) in [6, 6.07) is 16.9. The molecule has 0 unspecified atom stereocenters. The van der Waals surface area contributed by atoms with Crippen molar-refractivity contribution in [1.29, 1.82) is 0 Å². The second-order valence-electron chi connectivity index (χ2n) is 8.07. The molecule has 5 rings (SSSR count). The first-order valence-corrected chi connectivity index (χ1v) is 9.79. The molecule has 3 heterocycles. The average Bonchev–Trinajstić information content (AvgIpc) is 3.20. The Bertz CT molecular complexity index is 962. The number of likely N-dealkylation sites (tertiary alicyclic amines) is 1. The molecule has 2 aliphatic heterocycles. The minimum absolute atomic E-state index is 0.277. The smallest absolute Gasteiger partial charge is 0.123 e. The zero-order valence-electron chi connectivity index (χ0n) is 16.2. The number of hydrogen-bond donors (Lipinski definition) is 0. The summed E-state index contributed by atoms with van der Waals surface area (Å²) in [5.41, 5.74) is 4.10. The topological polar surface area (TPSA) is 39.5 Å².